The molecule has 1 aromatic heterocycles. The quantitative estimate of drug-likeness (QED) is 0.870. The first-order valence-corrected chi connectivity index (χ1v) is 4.44. The number of rotatable bonds is 4. The molecule has 0 aliphatic carbocycles. The molecule has 1 heterocycles. The lowest BCUT2D eigenvalue weighted by Crippen LogP contribution is -2.20. The summed E-state index contributed by atoms with van der Waals surface area (Å²) in [7, 11) is 0. The molecule has 0 fully saturated rings. The molecule has 98 valence electrons. The molecule has 0 unspecified atom stereocenters. The van der Waals surface area contributed by atoms with Gasteiger partial charge in [-0.15, -0.1) is 12.4 Å². The Bertz CT molecular complexity index is 349. The topological polar surface area (TPSA) is 68.4 Å². The first-order chi connectivity index (χ1) is 7.42. The predicted molar refractivity (Wildman–Crippen MR) is 57.0 cm³/mol. The molecule has 0 saturated heterocycles. The van der Waals surface area contributed by atoms with Gasteiger partial charge in [0.05, 0.1) is 12.6 Å². The van der Waals surface area contributed by atoms with Crippen LogP contribution in [0.2, 0.25) is 0 Å². The van der Waals surface area contributed by atoms with Gasteiger partial charge < -0.3 is 15.6 Å². The molecule has 0 aromatic carbocycles. The third kappa shape index (κ3) is 5.71. The van der Waals surface area contributed by atoms with E-state index in [9.17, 15) is 13.2 Å². The Kier molecular flexibility index (Phi) is 6.22. The summed E-state index contributed by atoms with van der Waals surface area (Å²) in [4.78, 5) is 3.60. The van der Waals surface area contributed by atoms with E-state index in [1.54, 1.807) is 0 Å². The molecule has 0 spiro atoms. The fraction of sp³-hybridized carbons (Fsp3) is 0.444. The van der Waals surface area contributed by atoms with Gasteiger partial charge in [-0.05, 0) is 11.6 Å². The average Bonchev–Trinajstić information content (AvgIpc) is 2.25. The molecule has 8 heteroatoms. The van der Waals surface area contributed by atoms with Gasteiger partial charge in [-0.2, -0.15) is 13.2 Å². The third-order valence-electron chi connectivity index (χ3n) is 1.77. The van der Waals surface area contributed by atoms with Gasteiger partial charge in [0.2, 0.25) is 5.88 Å². The average molecular weight is 273 g/mol. The number of hydrogen-bond donors (Lipinski definition) is 2. The molecular weight excluding hydrogens is 261 g/mol. The highest BCUT2D eigenvalue weighted by Crippen LogP contribution is 2.19. The number of aliphatic hydroxyl groups excluding tert-OH is 1. The first-order valence-electron chi connectivity index (χ1n) is 4.44. The molecular formula is C9H12ClF3N2O2. The molecule has 1 aromatic rings. The molecule has 0 amide bonds. The van der Waals surface area contributed by atoms with Gasteiger partial charge in [-0.25, -0.2) is 4.98 Å². The maximum Gasteiger partial charge on any atom is 0.422 e. The van der Waals surface area contributed by atoms with E-state index in [-0.39, 0.29) is 24.9 Å². The third-order valence-corrected chi connectivity index (χ3v) is 1.77. The van der Waals surface area contributed by atoms with Crippen molar-refractivity contribution in [1.29, 1.82) is 0 Å². The van der Waals surface area contributed by atoms with Crippen LogP contribution in [-0.2, 0) is 0 Å². The fourth-order valence-corrected chi connectivity index (χ4v) is 0.996. The number of ether oxygens (including phenoxy) is 1. The highest BCUT2D eigenvalue weighted by molar-refractivity contribution is 5.85. The van der Waals surface area contributed by atoms with Gasteiger partial charge in [0.1, 0.15) is 0 Å². The van der Waals surface area contributed by atoms with Crippen molar-refractivity contribution >= 4 is 12.4 Å². The van der Waals surface area contributed by atoms with E-state index in [1.807, 2.05) is 0 Å². The Morgan fingerprint density at radius 3 is 2.65 bits per heavy atom. The van der Waals surface area contributed by atoms with E-state index in [2.05, 4.69) is 9.72 Å². The molecule has 1 rings (SSSR count). The Hall–Kier alpha value is -1.05. The molecule has 0 radical (unpaired) electrons. The van der Waals surface area contributed by atoms with Crippen LogP contribution in [0.25, 0.3) is 0 Å². The van der Waals surface area contributed by atoms with E-state index >= 15 is 0 Å². The van der Waals surface area contributed by atoms with Crippen LogP contribution < -0.4 is 10.5 Å². The highest BCUT2D eigenvalue weighted by atomic mass is 35.5. The largest absolute Gasteiger partial charge is 0.468 e. The summed E-state index contributed by atoms with van der Waals surface area (Å²) in [5.41, 5.74) is 5.96. The number of aliphatic hydroxyl groups is 1. The lowest BCUT2D eigenvalue weighted by molar-refractivity contribution is -0.154. The number of alkyl halides is 3. The first kappa shape index (κ1) is 16.0. The van der Waals surface area contributed by atoms with E-state index in [4.69, 9.17) is 10.8 Å². The lowest BCUT2D eigenvalue weighted by Gasteiger charge is -2.11. The molecule has 17 heavy (non-hydrogen) atoms. The molecule has 1 atom stereocenters. The molecule has 0 aliphatic rings. The number of halogens is 4. The van der Waals surface area contributed by atoms with Gasteiger partial charge in [0.15, 0.2) is 6.61 Å². The standard InChI is InChI=1S/C9H11F3N2O2.ClH/c10-9(11,12)5-16-8-3-6(1-2-14-8)7(13)4-15;/h1-3,7,15H,4-5,13H2;1H/t7-;/m0./s1. The second-order valence-corrected chi connectivity index (χ2v) is 3.12. The summed E-state index contributed by atoms with van der Waals surface area (Å²) in [5, 5.41) is 8.77. The number of hydrogen-bond acceptors (Lipinski definition) is 4. The Morgan fingerprint density at radius 1 is 1.47 bits per heavy atom. The zero-order valence-electron chi connectivity index (χ0n) is 8.65. The lowest BCUT2D eigenvalue weighted by atomic mass is 10.1. The van der Waals surface area contributed by atoms with Crippen LogP contribution in [0, 0.1) is 0 Å². The minimum atomic E-state index is -4.41. The van der Waals surface area contributed by atoms with E-state index < -0.39 is 18.8 Å². The Balaban J connectivity index is 0.00000256. The van der Waals surface area contributed by atoms with Crippen LogP contribution in [0.4, 0.5) is 13.2 Å². The van der Waals surface area contributed by atoms with Gasteiger partial charge in [-0.3, -0.25) is 0 Å². The van der Waals surface area contributed by atoms with Gasteiger partial charge >= 0.3 is 6.18 Å². The van der Waals surface area contributed by atoms with E-state index in [0.29, 0.717) is 5.56 Å². The Morgan fingerprint density at radius 2 is 2.12 bits per heavy atom. The van der Waals surface area contributed by atoms with Crippen molar-refractivity contribution < 1.29 is 23.0 Å². The molecule has 0 bridgehead atoms. The van der Waals surface area contributed by atoms with Crippen LogP contribution in [0.5, 0.6) is 5.88 Å². The van der Waals surface area contributed by atoms with Crippen molar-refractivity contribution in [2.24, 2.45) is 5.73 Å². The zero-order valence-corrected chi connectivity index (χ0v) is 9.46. The molecule has 4 nitrogen and oxygen atoms in total. The van der Waals surface area contributed by atoms with Crippen LogP contribution in [0.3, 0.4) is 0 Å². The normalized spacial score (nSPS) is 12.8. The Labute approximate surface area is 102 Å². The number of aromatic nitrogens is 1. The maximum atomic E-state index is 11.8. The fourth-order valence-electron chi connectivity index (χ4n) is 0.996. The van der Waals surface area contributed by atoms with Crippen LogP contribution in [0.15, 0.2) is 18.3 Å². The van der Waals surface area contributed by atoms with Crippen LogP contribution in [-0.4, -0.2) is 29.5 Å². The van der Waals surface area contributed by atoms with E-state index in [1.165, 1.54) is 18.3 Å². The second-order valence-electron chi connectivity index (χ2n) is 3.12. The summed E-state index contributed by atoms with van der Waals surface area (Å²) in [5.74, 6) is -0.168. The smallest absolute Gasteiger partial charge is 0.422 e. The SMILES string of the molecule is Cl.N[C@@H](CO)c1ccnc(OCC(F)(F)F)c1. The van der Waals surface area contributed by atoms with Crippen LogP contribution >= 0.6 is 12.4 Å². The predicted octanol–water partition coefficient (Wildman–Crippen LogP) is 1.44. The van der Waals surface area contributed by atoms with Crippen molar-refractivity contribution in [2.75, 3.05) is 13.2 Å². The summed E-state index contributed by atoms with van der Waals surface area (Å²) >= 11 is 0. The summed E-state index contributed by atoms with van der Waals surface area (Å²) < 4.78 is 40.0. The maximum absolute atomic E-state index is 11.8. The van der Waals surface area contributed by atoms with Gasteiger partial charge in [0, 0.05) is 12.3 Å². The van der Waals surface area contributed by atoms with Crippen molar-refractivity contribution in [1.82, 2.24) is 4.98 Å². The summed E-state index contributed by atoms with van der Waals surface area (Å²) in [6, 6.07) is 2.12. The second kappa shape index (κ2) is 6.63. The van der Waals surface area contributed by atoms with Crippen molar-refractivity contribution in [3.63, 3.8) is 0 Å². The van der Waals surface area contributed by atoms with Gasteiger partial charge in [0.25, 0.3) is 0 Å². The molecule has 0 aliphatic heterocycles. The number of pyridine rings is 1. The highest BCUT2D eigenvalue weighted by Gasteiger charge is 2.28. The van der Waals surface area contributed by atoms with Crippen molar-refractivity contribution in [3.05, 3.63) is 23.9 Å². The van der Waals surface area contributed by atoms with Crippen molar-refractivity contribution in [2.45, 2.75) is 12.2 Å². The zero-order chi connectivity index (χ0) is 12.2. The van der Waals surface area contributed by atoms with Crippen LogP contribution in [0.1, 0.15) is 11.6 Å². The summed E-state index contributed by atoms with van der Waals surface area (Å²) in [6.07, 6.45) is -3.13. The minimum Gasteiger partial charge on any atom is -0.468 e. The number of nitrogens with zero attached hydrogens (tertiary/aromatic N) is 1. The molecule has 0 saturated carbocycles. The molecule has 3 N–H and O–H groups in total. The van der Waals surface area contributed by atoms with Crippen molar-refractivity contribution in [3.8, 4) is 5.88 Å². The van der Waals surface area contributed by atoms with Gasteiger partial charge in [-0.1, -0.05) is 0 Å². The summed E-state index contributed by atoms with van der Waals surface area (Å²) in [6.45, 7) is -1.71. The minimum absolute atomic E-state index is 0. The number of nitrogens with two attached hydrogens (primary N) is 1. The van der Waals surface area contributed by atoms with E-state index in [0.717, 1.165) is 0 Å². The monoisotopic (exact) mass is 272 g/mol.